The summed E-state index contributed by atoms with van der Waals surface area (Å²) in [6.07, 6.45) is -4.13. The van der Waals surface area contributed by atoms with Crippen molar-refractivity contribution in [2.75, 3.05) is 23.8 Å². The average molecular weight is 244 g/mol. The molecule has 1 amide bonds. The third kappa shape index (κ3) is 2.35. The molecule has 1 aliphatic heterocycles. The Hall–Kier alpha value is -1.72. The molecule has 0 unspecified atom stereocenters. The molecule has 1 aliphatic rings. The third-order valence-corrected chi connectivity index (χ3v) is 2.68. The van der Waals surface area contributed by atoms with E-state index in [4.69, 9.17) is 0 Å². The Balaban J connectivity index is 2.46. The number of amides is 1. The summed E-state index contributed by atoms with van der Waals surface area (Å²) in [7, 11) is 1.74. The first-order chi connectivity index (χ1) is 7.88. The summed E-state index contributed by atoms with van der Waals surface area (Å²) in [5, 5.41) is 2.48. The zero-order valence-corrected chi connectivity index (χ0v) is 9.14. The van der Waals surface area contributed by atoms with Gasteiger partial charge in [0.25, 0.3) is 0 Å². The van der Waals surface area contributed by atoms with Crippen molar-refractivity contribution in [2.45, 2.75) is 12.6 Å². The molecule has 1 aromatic rings. The van der Waals surface area contributed by atoms with E-state index in [-0.39, 0.29) is 18.0 Å². The number of carbonyl (C=O) groups excluding carboxylic acids is 1. The predicted molar refractivity (Wildman–Crippen MR) is 58.0 cm³/mol. The van der Waals surface area contributed by atoms with E-state index >= 15 is 0 Å². The zero-order chi connectivity index (χ0) is 12.6. The Morgan fingerprint density at radius 3 is 2.71 bits per heavy atom. The number of nitrogens with zero attached hydrogens (tertiary/aromatic N) is 1. The molecule has 0 saturated heterocycles. The minimum atomic E-state index is -4.40. The first-order valence-corrected chi connectivity index (χ1v) is 5.10. The number of benzene rings is 1. The third-order valence-electron chi connectivity index (χ3n) is 2.68. The van der Waals surface area contributed by atoms with Gasteiger partial charge in [-0.25, -0.2) is 0 Å². The Morgan fingerprint density at radius 2 is 2.06 bits per heavy atom. The quantitative estimate of drug-likeness (QED) is 0.760. The van der Waals surface area contributed by atoms with E-state index in [0.29, 0.717) is 12.2 Å². The summed E-state index contributed by atoms with van der Waals surface area (Å²) in [5.74, 6) is -0.269. The van der Waals surface area contributed by atoms with Crippen molar-refractivity contribution < 1.29 is 18.0 Å². The maximum absolute atomic E-state index is 12.5. The van der Waals surface area contributed by atoms with Crippen molar-refractivity contribution >= 4 is 17.3 Å². The monoisotopic (exact) mass is 244 g/mol. The molecule has 1 N–H and O–H groups in total. The van der Waals surface area contributed by atoms with E-state index in [2.05, 4.69) is 5.32 Å². The molecule has 0 spiro atoms. The highest BCUT2D eigenvalue weighted by molar-refractivity contribution is 5.96. The number of halogens is 3. The summed E-state index contributed by atoms with van der Waals surface area (Å²) in [6, 6.07) is 3.37. The van der Waals surface area contributed by atoms with Gasteiger partial charge in [0.15, 0.2) is 0 Å². The van der Waals surface area contributed by atoms with E-state index in [0.717, 1.165) is 12.1 Å². The van der Waals surface area contributed by atoms with E-state index in [1.807, 2.05) is 0 Å². The Morgan fingerprint density at radius 1 is 1.35 bits per heavy atom. The molecule has 0 fully saturated rings. The molecule has 2 rings (SSSR count). The van der Waals surface area contributed by atoms with Crippen molar-refractivity contribution in [1.29, 1.82) is 0 Å². The average Bonchev–Trinajstić information content (AvgIpc) is 2.37. The molecule has 17 heavy (non-hydrogen) atoms. The van der Waals surface area contributed by atoms with E-state index < -0.39 is 11.7 Å². The van der Waals surface area contributed by atoms with Crippen molar-refractivity contribution in [1.82, 2.24) is 0 Å². The van der Waals surface area contributed by atoms with Crippen molar-refractivity contribution in [3.63, 3.8) is 0 Å². The smallest absolute Gasteiger partial charge is 0.372 e. The van der Waals surface area contributed by atoms with Gasteiger partial charge in [0.2, 0.25) is 5.91 Å². The molecule has 1 heterocycles. The number of fused-ring (bicyclic) bond motifs is 1. The minimum Gasteiger partial charge on any atom is -0.372 e. The second-order valence-corrected chi connectivity index (χ2v) is 3.95. The summed E-state index contributed by atoms with van der Waals surface area (Å²) in [6.45, 7) is 0.490. The van der Waals surface area contributed by atoms with Crippen LogP contribution in [0, 0.1) is 0 Å². The van der Waals surface area contributed by atoms with Crippen LogP contribution in [0.4, 0.5) is 24.5 Å². The molecule has 0 aromatic heterocycles. The van der Waals surface area contributed by atoms with Gasteiger partial charge in [-0.05, 0) is 18.2 Å². The van der Waals surface area contributed by atoms with Crippen LogP contribution < -0.4 is 10.2 Å². The number of rotatable bonds is 0. The number of anilines is 2. The van der Waals surface area contributed by atoms with Crippen LogP contribution in [0.1, 0.15) is 12.0 Å². The van der Waals surface area contributed by atoms with Crippen LogP contribution in [0.5, 0.6) is 0 Å². The van der Waals surface area contributed by atoms with Crippen LogP contribution in [0.15, 0.2) is 18.2 Å². The number of nitrogens with one attached hydrogen (secondary N) is 1. The van der Waals surface area contributed by atoms with Crippen LogP contribution in [-0.2, 0) is 11.0 Å². The SMILES string of the molecule is CN1CCC(=O)Nc2cc(C(F)(F)F)ccc21. The van der Waals surface area contributed by atoms with Gasteiger partial charge in [-0.2, -0.15) is 13.2 Å². The Labute approximate surface area is 96.2 Å². The standard InChI is InChI=1S/C11H11F3N2O/c1-16-5-4-10(17)15-8-6-7(11(12,13)14)2-3-9(8)16/h2-3,6H,4-5H2,1H3,(H,15,17). The lowest BCUT2D eigenvalue weighted by molar-refractivity contribution is -0.137. The van der Waals surface area contributed by atoms with Crippen molar-refractivity contribution in [3.8, 4) is 0 Å². The van der Waals surface area contributed by atoms with Gasteiger partial charge in [0.1, 0.15) is 0 Å². The van der Waals surface area contributed by atoms with Gasteiger partial charge in [-0.15, -0.1) is 0 Å². The van der Waals surface area contributed by atoms with Crippen molar-refractivity contribution in [3.05, 3.63) is 23.8 Å². The molecule has 0 aliphatic carbocycles. The summed E-state index contributed by atoms with van der Waals surface area (Å²) < 4.78 is 37.6. The zero-order valence-electron chi connectivity index (χ0n) is 9.14. The van der Waals surface area contributed by atoms with Crippen LogP contribution >= 0.6 is 0 Å². The first kappa shape index (κ1) is 11.8. The molecule has 6 heteroatoms. The van der Waals surface area contributed by atoms with Gasteiger partial charge in [0.05, 0.1) is 16.9 Å². The molecular weight excluding hydrogens is 233 g/mol. The van der Waals surface area contributed by atoms with Gasteiger partial charge >= 0.3 is 6.18 Å². The second kappa shape index (κ2) is 3.94. The van der Waals surface area contributed by atoms with E-state index in [1.54, 1.807) is 11.9 Å². The van der Waals surface area contributed by atoms with Crippen LogP contribution in [0.2, 0.25) is 0 Å². The fourth-order valence-electron chi connectivity index (χ4n) is 1.75. The van der Waals surface area contributed by atoms with Crippen LogP contribution in [0.25, 0.3) is 0 Å². The number of alkyl halides is 3. The summed E-state index contributed by atoms with van der Waals surface area (Å²) in [5.41, 5.74) is 0.0560. The fourth-order valence-corrected chi connectivity index (χ4v) is 1.75. The van der Waals surface area contributed by atoms with Gasteiger partial charge < -0.3 is 10.2 Å². The largest absolute Gasteiger partial charge is 0.416 e. The lowest BCUT2D eigenvalue weighted by Crippen LogP contribution is -2.18. The lowest BCUT2D eigenvalue weighted by atomic mass is 10.1. The summed E-state index contributed by atoms with van der Waals surface area (Å²) in [4.78, 5) is 13.1. The first-order valence-electron chi connectivity index (χ1n) is 5.10. The maximum Gasteiger partial charge on any atom is 0.416 e. The van der Waals surface area contributed by atoms with Gasteiger partial charge in [0, 0.05) is 20.0 Å². The second-order valence-electron chi connectivity index (χ2n) is 3.95. The highest BCUT2D eigenvalue weighted by Crippen LogP contribution is 2.35. The molecule has 0 saturated carbocycles. The molecule has 0 atom stereocenters. The molecule has 3 nitrogen and oxygen atoms in total. The predicted octanol–water partition coefficient (Wildman–Crippen LogP) is 2.48. The lowest BCUT2D eigenvalue weighted by Gasteiger charge is -2.19. The van der Waals surface area contributed by atoms with Gasteiger partial charge in [-0.3, -0.25) is 4.79 Å². The number of carbonyl (C=O) groups is 1. The summed E-state index contributed by atoms with van der Waals surface area (Å²) >= 11 is 0. The van der Waals surface area contributed by atoms with Crippen molar-refractivity contribution in [2.24, 2.45) is 0 Å². The fraction of sp³-hybridized carbons (Fsp3) is 0.364. The molecule has 92 valence electrons. The van der Waals surface area contributed by atoms with Crippen LogP contribution in [0.3, 0.4) is 0 Å². The maximum atomic E-state index is 12.5. The number of hydrogen-bond acceptors (Lipinski definition) is 2. The minimum absolute atomic E-state index is 0.213. The Bertz CT molecular complexity index is 457. The van der Waals surface area contributed by atoms with Gasteiger partial charge in [-0.1, -0.05) is 0 Å². The van der Waals surface area contributed by atoms with E-state index in [9.17, 15) is 18.0 Å². The topological polar surface area (TPSA) is 32.3 Å². The Kier molecular flexibility index (Phi) is 2.73. The van der Waals surface area contributed by atoms with E-state index in [1.165, 1.54) is 6.07 Å². The normalized spacial score (nSPS) is 16.2. The molecule has 0 radical (unpaired) electrons. The van der Waals surface area contributed by atoms with Crippen LogP contribution in [-0.4, -0.2) is 19.5 Å². The number of hydrogen-bond donors (Lipinski definition) is 1. The molecular formula is C11H11F3N2O. The highest BCUT2D eigenvalue weighted by atomic mass is 19.4. The molecule has 0 bridgehead atoms. The highest BCUT2D eigenvalue weighted by Gasteiger charge is 2.31. The molecule has 1 aromatic carbocycles.